The highest BCUT2D eigenvalue weighted by Crippen LogP contribution is 2.28. The molecule has 0 spiro atoms. The molecule has 0 saturated carbocycles. The standard InChI is InChI=1S/C10H8NP/c1-3-11-9-5-8-2-4-12-10(8)6-7(1)9/h1-6,11-12H. The first kappa shape index (κ1) is 6.33. The fraction of sp³-hybridized carbons (Fsp3) is 0. The van der Waals surface area contributed by atoms with E-state index in [9.17, 15) is 0 Å². The van der Waals surface area contributed by atoms with E-state index in [0.717, 1.165) is 8.19 Å². The zero-order chi connectivity index (χ0) is 7.97. The first-order chi connectivity index (χ1) is 5.93. The summed E-state index contributed by atoms with van der Waals surface area (Å²) in [6.45, 7) is 0. The molecule has 0 fully saturated rings. The van der Waals surface area contributed by atoms with E-state index < -0.39 is 0 Å². The van der Waals surface area contributed by atoms with Gasteiger partial charge in [0.05, 0.1) is 0 Å². The van der Waals surface area contributed by atoms with Crippen LogP contribution in [0.2, 0.25) is 0 Å². The van der Waals surface area contributed by atoms with Gasteiger partial charge in [-0.05, 0) is 34.5 Å². The van der Waals surface area contributed by atoms with Crippen molar-refractivity contribution in [3.8, 4) is 0 Å². The molecule has 1 unspecified atom stereocenters. The third kappa shape index (κ3) is 0.745. The molecule has 1 nitrogen and oxygen atoms in total. The van der Waals surface area contributed by atoms with E-state index in [1.54, 1.807) is 0 Å². The number of aromatic amines is 1. The molecule has 0 aliphatic carbocycles. The van der Waals surface area contributed by atoms with Gasteiger partial charge in [-0.25, -0.2) is 0 Å². The van der Waals surface area contributed by atoms with Crippen molar-refractivity contribution in [1.29, 1.82) is 0 Å². The van der Waals surface area contributed by atoms with Crippen LogP contribution in [0.5, 0.6) is 0 Å². The van der Waals surface area contributed by atoms with Crippen LogP contribution in [0.3, 0.4) is 0 Å². The summed E-state index contributed by atoms with van der Waals surface area (Å²) in [7, 11) is 0.861. The summed E-state index contributed by atoms with van der Waals surface area (Å²) >= 11 is 0. The highest BCUT2D eigenvalue weighted by atomic mass is 31.0. The molecule has 2 heterocycles. The van der Waals surface area contributed by atoms with Crippen LogP contribution in [0.15, 0.2) is 36.3 Å². The molecule has 0 radical (unpaired) electrons. The lowest BCUT2D eigenvalue weighted by Crippen LogP contribution is -1.65. The third-order valence-electron chi connectivity index (χ3n) is 2.23. The number of nitrogens with one attached hydrogen (secondary N) is 1. The van der Waals surface area contributed by atoms with Gasteiger partial charge in [0.2, 0.25) is 0 Å². The summed E-state index contributed by atoms with van der Waals surface area (Å²) in [6.07, 6.45) is 1.99. The van der Waals surface area contributed by atoms with E-state index in [1.807, 2.05) is 6.20 Å². The zero-order valence-corrected chi connectivity index (χ0v) is 7.46. The summed E-state index contributed by atoms with van der Waals surface area (Å²) in [6, 6.07) is 8.83. The Morgan fingerprint density at radius 3 is 3.08 bits per heavy atom. The fourth-order valence-electron chi connectivity index (χ4n) is 1.60. The number of rotatable bonds is 0. The van der Waals surface area contributed by atoms with Crippen molar-refractivity contribution in [2.45, 2.75) is 0 Å². The predicted octanol–water partition coefficient (Wildman–Crippen LogP) is 3.35. The van der Waals surface area contributed by atoms with Crippen molar-refractivity contribution in [1.82, 2.24) is 4.98 Å². The maximum Gasteiger partial charge on any atom is 0.0460 e. The summed E-state index contributed by atoms with van der Waals surface area (Å²) in [5.74, 6) is 2.24. The van der Waals surface area contributed by atoms with Gasteiger partial charge in [-0.15, -0.1) is 8.19 Å². The summed E-state index contributed by atoms with van der Waals surface area (Å²) in [5, 5.41) is 4.18. The maximum absolute atomic E-state index is 3.22. The number of hydrogen-bond acceptors (Lipinski definition) is 0. The number of benzene rings is 1. The minimum Gasteiger partial charge on any atom is -0.361 e. The molecular formula is C10H8NP. The molecule has 3 aromatic rings. The molecule has 0 aliphatic heterocycles. The van der Waals surface area contributed by atoms with Gasteiger partial charge in [0.1, 0.15) is 0 Å². The largest absolute Gasteiger partial charge is 0.361 e. The Labute approximate surface area is 71.5 Å². The van der Waals surface area contributed by atoms with Gasteiger partial charge in [0.25, 0.3) is 0 Å². The Morgan fingerprint density at radius 2 is 2.08 bits per heavy atom. The Kier molecular flexibility index (Phi) is 1.13. The van der Waals surface area contributed by atoms with E-state index in [0.29, 0.717) is 0 Å². The van der Waals surface area contributed by atoms with E-state index >= 15 is 0 Å². The molecule has 0 saturated heterocycles. The van der Waals surface area contributed by atoms with Crippen molar-refractivity contribution >= 4 is 29.6 Å². The van der Waals surface area contributed by atoms with Gasteiger partial charge in [-0.1, -0.05) is 6.07 Å². The monoisotopic (exact) mass is 173 g/mol. The van der Waals surface area contributed by atoms with E-state index in [4.69, 9.17) is 0 Å². The smallest absolute Gasteiger partial charge is 0.0460 e. The van der Waals surface area contributed by atoms with Gasteiger partial charge in [0.15, 0.2) is 0 Å². The highest BCUT2D eigenvalue weighted by molar-refractivity contribution is 7.36. The van der Waals surface area contributed by atoms with Crippen LogP contribution >= 0.6 is 8.19 Å². The van der Waals surface area contributed by atoms with Crippen molar-refractivity contribution < 1.29 is 0 Å². The fourth-order valence-corrected chi connectivity index (χ4v) is 2.60. The number of H-pyrrole nitrogens is 1. The number of aromatic nitrogens is 1. The van der Waals surface area contributed by atoms with Crippen LogP contribution in [0.4, 0.5) is 0 Å². The molecule has 1 atom stereocenters. The van der Waals surface area contributed by atoms with Crippen molar-refractivity contribution in [3.05, 3.63) is 36.3 Å². The molecule has 0 amide bonds. The molecule has 58 valence electrons. The Morgan fingerprint density at radius 1 is 1.08 bits per heavy atom. The lowest BCUT2D eigenvalue weighted by atomic mass is 10.2. The summed E-state index contributed by atoms with van der Waals surface area (Å²) in [4.78, 5) is 3.22. The average Bonchev–Trinajstić information content (AvgIpc) is 2.64. The van der Waals surface area contributed by atoms with Crippen LogP contribution in [0.1, 0.15) is 0 Å². The normalized spacial score (nSPS) is 12.0. The molecular weight excluding hydrogens is 165 g/mol. The van der Waals surface area contributed by atoms with E-state index in [1.165, 1.54) is 21.4 Å². The van der Waals surface area contributed by atoms with Crippen molar-refractivity contribution in [2.24, 2.45) is 0 Å². The van der Waals surface area contributed by atoms with Crippen LogP contribution in [-0.2, 0) is 0 Å². The summed E-state index contributed by atoms with van der Waals surface area (Å²) in [5.41, 5.74) is 1.24. The Hall–Kier alpha value is -1.20. The Bertz CT molecular complexity index is 442. The van der Waals surface area contributed by atoms with Gasteiger partial charge >= 0.3 is 0 Å². The highest BCUT2D eigenvalue weighted by Gasteiger charge is 1.97. The molecule has 2 aromatic heterocycles. The first-order valence-corrected chi connectivity index (χ1v) is 5.05. The molecule has 1 aromatic carbocycles. The zero-order valence-electron chi connectivity index (χ0n) is 6.46. The van der Waals surface area contributed by atoms with Crippen molar-refractivity contribution in [2.75, 3.05) is 0 Å². The third-order valence-corrected chi connectivity index (χ3v) is 3.30. The molecule has 2 heteroatoms. The van der Waals surface area contributed by atoms with Crippen LogP contribution in [0.25, 0.3) is 21.4 Å². The topological polar surface area (TPSA) is 15.8 Å². The molecule has 1 N–H and O–H groups in total. The van der Waals surface area contributed by atoms with Crippen LogP contribution in [0, 0.1) is 0 Å². The minimum atomic E-state index is 0.861. The van der Waals surface area contributed by atoms with Crippen LogP contribution in [-0.4, -0.2) is 4.98 Å². The average molecular weight is 173 g/mol. The lowest BCUT2D eigenvalue weighted by Gasteiger charge is -1.90. The maximum atomic E-state index is 3.22. The molecule has 3 rings (SSSR count). The second-order valence-corrected chi connectivity index (χ2v) is 4.14. The first-order valence-electron chi connectivity index (χ1n) is 3.98. The number of hydrogen-bond donors (Lipinski definition) is 1. The molecule has 0 bridgehead atoms. The minimum absolute atomic E-state index is 0.861. The van der Waals surface area contributed by atoms with Gasteiger partial charge in [-0.2, -0.15) is 0 Å². The SMILES string of the molecule is c1cc2cc3[pH]ccc3cc2[nH]1. The lowest BCUT2D eigenvalue weighted by molar-refractivity contribution is 1.48. The van der Waals surface area contributed by atoms with Crippen molar-refractivity contribution in [3.63, 3.8) is 0 Å². The second kappa shape index (κ2) is 2.15. The molecule has 12 heavy (non-hydrogen) atoms. The predicted molar refractivity (Wildman–Crippen MR) is 55.3 cm³/mol. The second-order valence-electron chi connectivity index (χ2n) is 2.98. The number of fused-ring (bicyclic) bond motifs is 2. The Balaban J connectivity index is 2.62. The van der Waals surface area contributed by atoms with Gasteiger partial charge in [0, 0.05) is 17.1 Å². The van der Waals surface area contributed by atoms with E-state index in [2.05, 4.69) is 35.0 Å². The van der Waals surface area contributed by atoms with E-state index in [-0.39, 0.29) is 0 Å². The van der Waals surface area contributed by atoms with Gasteiger partial charge in [-0.3, -0.25) is 0 Å². The van der Waals surface area contributed by atoms with Gasteiger partial charge < -0.3 is 4.98 Å². The summed E-state index contributed by atoms with van der Waals surface area (Å²) < 4.78 is 0. The van der Waals surface area contributed by atoms with Crippen LogP contribution < -0.4 is 0 Å². The quantitative estimate of drug-likeness (QED) is 0.536. The molecule has 0 aliphatic rings.